The number of aromatic nitrogens is 2. The maximum Gasteiger partial charge on any atom is 0.277 e. The van der Waals surface area contributed by atoms with Crippen molar-refractivity contribution in [3.8, 4) is 17.5 Å². The topological polar surface area (TPSA) is 135 Å². The van der Waals surface area contributed by atoms with Crippen LogP contribution in [0.5, 0.6) is 0 Å². The molecule has 1 amide bonds. The third-order valence-electron chi connectivity index (χ3n) is 3.36. The van der Waals surface area contributed by atoms with E-state index in [0.29, 0.717) is 5.89 Å². The van der Waals surface area contributed by atoms with Crippen molar-refractivity contribution < 1.29 is 14.1 Å². The van der Waals surface area contributed by atoms with Crippen molar-refractivity contribution in [1.82, 2.24) is 10.2 Å². The van der Waals surface area contributed by atoms with E-state index in [-0.39, 0.29) is 27.9 Å². The van der Waals surface area contributed by atoms with E-state index < -0.39 is 10.8 Å². The number of benzene rings is 2. The second-order valence-corrected chi connectivity index (χ2v) is 6.10. The second kappa shape index (κ2) is 8.11. The van der Waals surface area contributed by atoms with Gasteiger partial charge in [0.25, 0.3) is 10.9 Å². The molecule has 9 nitrogen and oxygen atoms in total. The van der Waals surface area contributed by atoms with Gasteiger partial charge in [-0.1, -0.05) is 30.0 Å². The maximum atomic E-state index is 12.1. The van der Waals surface area contributed by atoms with Crippen LogP contribution in [0, 0.1) is 21.4 Å². The summed E-state index contributed by atoms with van der Waals surface area (Å²) in [6.45, 7) is 0. The zero-order valence-corrected chi connectivity index (χ0v) is 14.5. The Morgan fingerprint density at radius 2 is 2.04 bits per heavy atom. The molecular formula is C17H11N5O4S. The quantitative estimate of drug-likeness (QED) is 0.390. The van der Waals surface area contributed by atoms with Gasteiger partial charge in [0.15, 0.2) is 0 Å². The molecule has 10 heteroatoms. The average molecular weight is 381 g/mol. The zero-order chi connectivity index (χ0) is 19.2. The van der Waals surface area contributed by atoms with Crippen molar-refractivity contribution in [2.24, 2.45) is 0 Å². The van der Waals surface area contributed by atoms with Crippen LogP contribution in [0.1, 0.15) is 5.56 Å². The standard InChI is InChI=1S/C17H11N5O4S/c18-9-12-8-13(22(24)25)6-7-14(12)19-15(23)10-27-17-21-20-16(26-17)11-4-2-1-3-5-11/h1-8H,10H2,(H,19,23). The average Bonchev–Trinajstić information content (AvgIpc) is 3.16. The number of hydrogen-bond acceptors (Lipinski definition) is 8. The van der Waals surface area contributed by atoms with E-state index in [4.69, 9.17) is 9.68 Å². The molecule has 1 heterocycles. The molecule has 134 valence electrons. The number of thioether (sulfide) groups is 1. The number of anilines is 1. The Morgan fingerprint density at radius 3 is 2.74 bits per heavy atom. The highest BCUT2D eigenvalue weighted by Gasteiger charge is 2.14. The van der Waals surface area contributed by atoms with Gasteiger partial charge in [0.2, 0.25) is 11.8 Å². The number of amides is 1. The van der Waals surface area contributed by atoms with E-state index in [0.717, 1.165) is 23.4 Å². The van der Waals surface area contributed by atoms with Gasteiger partial charge >= 0.3 is 0 Å². The molecule has 3 rings (SSSR count). The first-order valence-corrected chi connectivity index (χ1v) is 8.55. The molecule has 0 unspecified atom stereocenters. The largest absolute Gasteiger partial charge is 0.411 e. The van der Waals surface area contributed by atoms with Gasteiger partial charge in [0.1, 0.15) is 6.07 Å². The summed E-state index contributed by atoms with van der Waals surface area (Å²) in [5, 5.41) is 30.4. The molecule has 0 aliphatic carbocycles. The van der Waals surface area contributed by atoms with Crippen LogP contribution in [-0.2, 0) is 4.79 Å². The number of carbonyl (C=O) groups excluding carboxylic acids is 1. The highest BCUT2D eigenvalue weighted by molar-refractivity contribution is 7.99. The van der Waals surface area contributed by atoms with E-state index >= 15 is 0 Å². The zero-order valence-electron chi connectivity index (χ0n) is 13.7. The van der Waals surface area contributed by atoms with Crippen LogP contribution in [0.15, 0.2) is 58.2 Å². The van der Waals surface area contributed by atoms with E-state index in [9.17, 15) is 14.9 Å². The van der Waals surface area contributed by atoms with Crippen molar-refractivity contribution in [2.75, 3.05) is 11.1 Å². The molecule has 27 heavy (non-hydrogen) atoms. The third kappa shape index (κ3) is 4.47. The summed E-state index contributed by atoms with van der Waals surface area (Å²) in [6, 6.07) is 14.7. The van der Waals surface area contributed by atoms with Crippen molar-refractivity contribution in [1.29, 1.82) is 5.26 Å². The van der Waals surface area contributed by atoms with Crippen LogP contribution in [0.3, 0.4) is 0 Å². The number of nitro benzene ring substituents is 1. The van der Waals surface area contributed by atoms with Gasteiger partial charge in [-0.05, 0) is 18.2 Å². The van der Waals surface area contributed by atoms with Crippen molar-refractivity contribution in [3.63, 3.8) is 0 Å². The van der Waals surface area contributed by atoms with Crippen LogP contribution >= 0.6 is 11.8 Å². The molecule has 0 fully saturated rings. The fourth-order valence-corrected chi connectivity index (χ4v) is 2.69. The molecule has 1 aromatic heterocycles. The minimum absolute atomic E-state index is 0.00621. The van der Waals surface area contributed by atoms with Gasteiger partial charge in [0.05, 0.1) is 21.9 Å². The van der Waals surface area contributed by atoms with Crippen LogP contribution in [0.2, 0.25) is 0 Å². The van der Waals surface area contributed by atoms with Gasteiger partial charge in [-0.15, -0.1) is 10.2 Å². The molecule has 0 saturated heterocycles. The molecule has 0 saturated carbocycles. The lowest BCUT2D eigenvalue weighted by Crippen LogP contribution is -2.15. The van der Waals surface area contributed by atoms with E-state index in [1.54, 1.807) is 0 Å². The number of nitrogens with one attached hydrogen (secondary N) is 1. The van der Waals surface area contributed by atoms with Gasteiger partial charge in [-0.25, -0.2) is 0 Å². The third-order valence-corrected chi connectivity index (χ3v) is 4.18. The first kappa shape index (κ1) is 18.1. The number of non-ortho nitro benzene ring substituents is 1. The smallest absolute Gasteiger partial charge is 0.277 e. The summed E-state index contributed by atoms with van der Waals surface area (Å²) in [7, 11) is 0. The summed E-state index contributed by atoms with van der Waals surface area (Å²) in [4.78, 5) is 22.2. The molecule has 0 radical (unpaired) electrons. The molecule has 1 N–H and O–H groups in total. The minimum atomic E-state index is -0.609. The first-order valence-electron chi connectivity index (χ1n) is 7.57. The normalized spacial score (nSPS) is 10.2. The van der Waals surface area contributed by atoms with Gasteiger partial charge in [-0.3, -0.25) is 14.9 Å². The van der Waals surface area contributed by atoms with Crippen LogP contribution in [0.4, 0.5) is 11.4 Å². The maximum absolute atomic E-state index is 12.1. The van der Waals surface area contributed by atoms with E-state index in [1.807, 2.05) is 36.4 Å². The Balaban J connectivity index is 1.62. The van der Waals surface area contributed by atoms with E-state index in [1.165, 1.54) is 12.1 Å². The number of nitro groups is 1. The second-order valence-electron chi connectivity index (χ2n) is 5.17. The summed E-state index contributed by atoms with van der Waals surface area (Å²) >= 11 is 1.04. The monoisotopic (exact) mass is 381 g/mol. The number of nitriles is 1. The molecule has 0 bridgehead atoms. The van der Waals surface area contributed by atoms with Crippen LogP contribution in [0.25, 0.3) is 11.5 Å². The SMILES string of the molecule is N#Cc1cc([N+](=O)[O-])ccc1NC(=O)CSc1nnc(-c2ccccc2)o1. The lowest BCUT2D eigenvalue weighted by Gasteiger charge is -2.05. The van der Waals surface area contributed by atoms with Crippen molar-refractivity contribution >= 4 is 29.0 Å². The Bertz CT molecular complexity index is 1030. The first-order chi connectivity index (χ1) is 13.1. The molecule has 2 aromatic carbocycles. The Morgan fingerprint density at radius 1 is 1.26 bits per heavy atom. The lowest BCUT2D eigenvalue weighted by molar-refractivity contribution is -0.384. The van der Waals surface area contributed by atoms with Crippen LogP contribution < -0.4 is 5.32 Å². The summed E-state index contributed by atoms with van der Waals surface area (Å²) in [6.07, 6.45) is 0. The molecule has 0 aliphatic rings. The summed E-state index contributed by atoms with van der Waals surface area (Å²) in [5.74, 6) is -0.0939. The van der Waals surface area contributed by atoms with Crippen molar-refractivity contribution in [3.05, 3.63) is 64.2 Å². The highest BCUT2D eigenvalue weighted by atomic mass is 32.2. The molecule has 0 atom stereocenters. The van der Waals surface area contributed by atoms with Crippen LogP contribution in [-0.4, -0.2) is 26.8 Å². The highest BCUT2D eigenvalue weighted by Crippen LogP contribution is 2.24. The molecular weight excluding hydrogens is 370 g/mol. The Labute approximate surface area is 157 Å². The predicted octanol–water partition coefficient (Wildman–Crippen LogP) is 3.25. The minimum Gasteiger partial charge on any atom is -0.411 e. The predicted molar refractivity (Wildman–Crippen MR) is 96.9 cm³/mol. The molecule has 0 spiro atoms. The number of nitrogens with zero attached hydrogens (tertiary/aromatic N) is 4. The summed E-state index contributed by atoms with van der Waals surface area (Å²) in [5.41, 5.74) is 0.750. The Kier molecular flexibility index (Phi) is 5.44. The number of carbonyl (C=O) groups is 1. The van der Waals surface area contributed by atoms with Gasteiger partial charge < -0.3 is 9.73 Å². The Hall–Kier alpha value is -3.71. The van der Waals surface area contributed by atoms with E-state index in [2.05, 4.69) is 15.5 Å². The number of hydrogen-bond donors (Lipinski definition) is 1. The lowest BCUT2D eigenvalue weighted by atomic mass is 10.1. The molecule has 3 aromatic rings. The fourth-order valence-electron chi connectivity index (χ4n) is 2.13. The van der Waals surface area contributed by atoms with Gasteiger partial charge in [0, 0.05) is 17.7 Å². The summed E-state index contributed by atoms with van der Waals surface area (Å²) < 4.78 is 5.49. The van der Waals surface area contributed by atoms with Crippen molar-refractivity contribution in [2.45, 2.75) is 5.22 Å². The fraction of sp³-hybridized carbons (Fsp3) is 0.0588. The molecule has 0 aliphatic heterocycles. The number of rotatable bonds is 6. The van der Waals surface area contributed by atoms with Gasteiger partial charge in [-0.2, -0.15) is 5.26 Å².